The normalized spacial score (nSPS) is 19.8. The van der Waals surface area contributed by atoms with Gasteiger partial charge in [0.25, 0.3) is 11.1 Å². The Balaban J connectivity index is 0.000000375. The molecule has 0 radical (unpaired) electrons. The Morgan fingerprint density at radius 3 is 2.58 bits per heavy atom. The van der Waals surface area contributed by atoms with E-state index in [1.165, 1.54) is 47.6 Å². The number of nitrogens with zero attached hydrogens (tertiary/aromatic N) is 6. The lowest BCUT2D eigenvalue weighted by molar-refractivity contribution is -0.150. The number of fused-ring (bicyclic) bond motifs is 1. The fourth-order valence-electron chi connectivity index (χ4n) is 4.06. The summed E-state index contributed by atoms with van der Waals surface area (Å²) in [5, 5.41) is 0.0563. The van der Waals surface area contributed by atoms with E-state index >= 15 is 0 Å². The summed E-state index contributed by atoms with van der Waals surface area (Å²) in [7, 11) is 0. The largest absolute Gasteiger partial charge is 0.409 e. The van der Waals surface area contributed by atoms with Crippen molar-refractivity contribution >= 4 is 29.1 Å². The number of hydrogen-bond acceptors (Lipinski definition) is 8. The van der Waals surface area contributed by atoms with Crippen molar-refractivity contribution in [2.75, 3.05) is 29.6 Å². The lowest BCUT2D eigenvalue weighted by Gasteiger charge is -2.40. The van der Waals surface area contributed by atoms with Gasteiger partial charge < -0.3 is 14.6 Å². The zero-order valence-electron chi connectivity index (χ0n) is 19.2. The molecule has 0 aliphatic carbocycles. The van der Waals surface area contributed by atoms with Gasteiger partial charge in [0.15, 0.2) is 0 Å². The van der Waals surface area contributed by atoms with Gasteiger partial charge >= 0.3 is 6.18 Å². The second-order valence-corrected chi connectivity index (χ2v) is 8.56. The molecule has 1 fully saturated rings. The molecule has 2 aliphatic heterocycles. The Morgan fingerprint density at radius 1 is 1.17 bits per heavy atom. The molecule has 36 heavy (non-hydrogen) atoms. The first-order valence-electron chi connectivity index (χ1n) is 11.1. The fraction of sp³-hybridized carbons (Fsp3) is 0.409. The van der Waals surface area contributed by atoms with Gasteiger partial charge in [-0.05, 0) is 25.5 Å². The third kappa shape index (κ3) is 5.68. The first kappa shape index (κ1) is 25.6. The van der Waals surface area contributed by atoms with E-state index in [2.05, 4.69) is 19.9 Å². The standard InChI is InChI=1S/C18H19ClF3N5O2.C4H4N2O/c1-11-10-29-7-6-25(11)15-9-16(28)26-5-3-13(18(20,21)22)27(17(26)24-15)12-2-4-23-14(19)8-12;7-4-1-2-5-3-6-4/h2,4,8-9,11,13H,3,5-7,10H2,1H3;1-3H,(H,5,6,7)/t11-,13+;/m1./s1. The number of aromatic nitrogens is 5. The van der Waals surface area contributed by atoms with E-state index in [9.17, 15) is 22.8 Å². The Morgan fingerprint density at radius 2 is 1.97 bits per heavy atom. The summed E-state index contributed by atoms with van der Waals surface area (Å²) in [5.41, 5.74) is -0.329. The van der Waals surface area contributed by atoms with Crippen molar-refractivity contribution in [1.82, 2.24) is 24.5 Å². The summed E-state index contributed by atoms with van der Waals surface area (Å²) in [4.78, 5) is 40.1. The number of halogens is 4. The highest BCUT2D eigenvalue weighted by Gasteiger charge is 2.47. The summed E-state index contributed by atoms with van der Waals surface area (Å²) < 4.78 is 48.2. The zero-order chi connectivity index (χ0) is 25.9. The van der Waals surface area contributed by atoms with Crippen LogP contribution in [-0.4, -0.2) is 62.5 Å². The lowest BCUT2D eigenvalue weighted by atomic mass is 10.1. The lowest BCUT2D eigenvalue weighted by Crippen LogP contribution is -2.51. The maximum absolute atomic E-state index is 13.9. The van der Waals surface area contributed by atoms with Crippen LogP contribution in [0.4, 0.5) is 30.6 Å². The van der Waals surface area contributed by atoms with Crippen molar-refractivity contribution in [2.45, 2.75) is 38.1 Å². The molecule has 14 heteroatoms. The minimum Gasteiger partial charge on any atom is -0.377 e. The molecular weight excluding hydrogens is 503 g/mol. The molecule has 5 heterocycles. The van der Waals surface area contributed by atoms with Gasteiger partial charge in [-0.2, -0.15) is 18.2 Å². The van der Waals surface area contributed by atoms with Crippen LogP contribution in [0.3, 0.4) is 0 Å². The van der Waals surface area contributed by atoms with Crippen LogP contribution in [0.1, 0.15) is 13.3 Å². The molecule has 0 spiro atoms. The molecule has 192 valence electrons. The number of ether oxygens (including phenoxy) is 1. The van der Waals surface area contributed by atoms with E-state index in [1.807, 2.05) is 11.8 Å². The molecule has 0 unspecified atom stereocenters. The Bertz CT molecular complexity index is 1300. The average Bonchev–Trinajstić information content (AvgIpc) is 2.84. The Kier molecular flexibility index (Phi) is 7.59. The predicted octanol–water partition coefficient (Wildman–Crippen LogP) is 2.76. The van der Waals surface area contributed by atoms with Crippen LogP contribution in [0.5, 0.6) is 0 Å². The molecule has 3 aromatic heterocycles. The molecule has 0 bridgehead atoms. The zero-order valence-corrected chi connectivity index (χ0v) is 19.9. The van der Waals surface area contributed by atoms with Gasteiger partial charge in [-0.15, -0.1) is 0 Å². The first-order chi connectivity index (χ1) is 17.1. The van der Waals surface area contributed by atoms with E-state index in [0.29, 0.717) is 25.6 Å². The quantitative estimate of drug-likeness (QED) is 0.509. The third-order valence-electron chi connectivity index (χ3n) is 5.75. The van der Waals surface area contributed by atoms with Crippen molar-refractivity contribution in [2.24, 2.45) is 0 Å². The van der Waals surface area contributed by atoms with Crippen LogP contribution in [-0.2, 0) is 11.3 Å². The molecule has 5 rings (SSSR count). The Labute approximate surface area is 208 Å². The number of nitrogens with one attached hydrogen (secondary N) is 1. The molecular formula is C22H23ClF3N7O3. The Hall–Kier alpha value is -3.45. The summed E-state index contributed by atoms with van der Waals surface area (Å²) in [6, 6.07) is 3.62. The van der Waals surface area contributed by atoms with E-state index < -0.39 is 17.8 Å². The highest BCUT2D eigenvalue weighted by molar-refractivity contribution is 6.29. The van der Waals surface area contributed by atoms with Gasteiger partial charge in [-0.3, -0.25) is 19.1 Å². The molecule has 10 nitrogen and oxygen atoms in total. The SMILES string of the molecule is C[C@@H]1COCCN1c1cc(=O)n2c(n1)N(c1ccnc(Cl)c1)[C@H](C(F)(F)F)CC2.O=c1ccnc[nH]1. The number of rotatable bonds is 2. The number of morpholine rings is 1. The van der Waals surface area contributed by atoms with Gasteiger partial charge in [-0.1, -0.05) is 11.6 Å². The molecule has 1 saturated heterocycles. The van der Waals surface area contributed by atoms with Crippen molar-refractivity contribution < 1.29 is 17.9 Å². The maximum Gasteiger partial charge on any atom is 0.409 e. The van der Waals surface area contributed by atoms with E-state index in [0.717, 1.165) is 4.90 Å². The van der Waals surface area contributed by atoms with Gasteiger partial charge in [0, 0.05) is 43.3 Å². The van der Waals surface area contributed by atoms with Crippen molar-refractivity contribution in [3.05, 3.63) is 68.8 Å². The number of alkyl halides is 3. The molecule has 0 aromatic carbocycles. The third-order valence-corrected chi connectivity index (χ3v) is 5.96. The van der Waals surface area contributed by atoms with E-state index in [-0.39, 0.29) is 41.4 Å². The summed E-state index contributed by atoms with van der Waals surface area (Å²) in [6.07, 6.45) is -0.663. The second-order valence-electron chi connectivity index (χ2n) is 8.18. The maximum atomic E-state index is 13.9. The number of anilines is 3. The van der Waals surface area contributed by atoms with Gasteiger partial charge in [0.2, 0.25) is 5.95 Å². The van der Waals surface area contributed by atoms with Crippen LogP contribution in [0, 0.1) is 0 Å². The summed E-state index contributed by atoms with van der Waals surface area (Å²) >= 11 is 5.93. The minimum atomic E-state index is -4.51. The number of hydrogen-bond donors (Lipinski definition) is 1. The minimum absolute atomic E-state index is 0.0514. The highest BCUT2D eigenvalue weighted by Crippen LogP contribution is 2.39. The summed E-state index contributed by atoms with van der Waals surface area (Å²) in [5.74, 6) is 0.284. The molecule has 0 saturated carbocycles. The molecule has 2 aliphatic rings. The van der Waals surface area contributed by atoms with Crippen molar-refractivity contribution in [3.8, 4) is 0 Å². The monoisotopic (exact) mass is 525 g/mol. The predicted molar refractivity (Wildman–Crippen MR) is 127 cm³/mol. The van der Waals surface area contributed by atoms with Gasteiger partial charge in [0.05, 0.1) is 25.6 Å². The van der Waals surface area contributed by atoms with E-state index in [4.69, 9.17) is 16.3 Å². The first-order valence-corrected chi connectivity index (χ1v) is 11.5. The smallest absolute Gasteiger partial charge is 0.377 e. The number of aromatic amines is 1. The molecule has 1 N–H and O–H groups in total. The second kappa shape index (κ2) is 10.7. The average molecular weight is 526 g/mol. The van der Waals surface area contributed by atoms with Crippen LogP contribution in [0.25, 0.3) is 0 Å². The van der Waals surface area contributed by atoms with Crippen LogP contribution in [0.2, 0.25) is 5.15 Å². The molecule has 0 amide bonds. The topological polar surface area (TPSA) is 109 Å². The molecule has 2 atom stereocenters. The van der Waals surface area contributed by atoms with Crippen LogP contribution < -0.4 is 20.9 Å². The molecule has 3 aromatic rings. The number of H-pyrrole nitrogens is 1. The van der Waals surface area contributed by atoms with Crippen molar-refractivity contribution in [3.63, 3.8) is 0 Å². The van der Waals surface area contributed by atoms with Crippen LogP contribution in [0.15, 0.2) is 52.6 Å². The fourth-order valence-corrected chi connectivity index (χ4v) is 4.23. The van der Waals surface area contributed by atoms with Gasteiger partial charge in [0.1, 0.15) is 17.0 Å². The summed E-state index contributed by atoms with van der Waals surface area (Å²) in [6.45, 7) is 3.26. The van der Waals surface area contributed by atoms with Gasteiger partial charge in [-0.25, -0.2) is 9.97 Å². The number of pyridine rings is 1. The highest BCUT2D eigenvalue weighted by atomic mass is 35.5. The van der Waals surface area contributed by atoms with Crippen molar-refractivity contribution in [1.29, 1.82) is 0 Å². The van der Waals surface area contributed by atoms with E-state index in [1.54, 1.807) is 0 Å². The van der Waals surface area contributed by atoms with Crippen LogP contribution >= 0.6 is 11.6 Å².